The van der Waals surface area contributed by atoms with Crippen LogP contribution in [0, 0.1) is 6.92 Å². The molecule has 1 unspecified atom stereocenters. The number of benzene rings is 2. The van der Waals surface area contributed by atoms with Crippen LogP contribution in [0.3, 0.4) is 0 Å². The lowest BCUT2D eigenvalue weighted by Crippen LogP contribution is -2.23. The first-order valence-corrected chi connectivity index (χ1v) is 7.56. The molecule has 0 aromatic heterocycles. The Morgan fingerprint density at radius 3 is 2.37 bits per heavy atom. The van der Waals surface area contributed by atoms with Crippen molar-refractivity contribution < 1.29 is 0 Å². The van der Waals surface area contributed by atoms with Gasteiger partial charge in [0.05, 0.1) is 6.04 Å². The van der Waals surface area contributed by atoms with Crippen molar-refractivity contribution in [3.63, 3.8) is 0 Å². The summed E-state index contributed by atoms with van der Waals surface area (Å²) in [6.07, 6.45) is 1.14. The van der Waals surface area contributed by atoms with Gasteiger partial charge in [-0.05, 0) is 48.7 Å². The Balaban J connectivity index is 2.35. The number of rotatable bonds is 5. The molecule has 1 nitrogen and oxygen atoms in total. The van der Waals surface area contributed by atoms with Crippen molar-refractivity contribution >= 4 is 15.9 Å². The van der Waals surface area contributed by atoms with Crippen molar-refractivity contribution in [2.75, 3.05) is 6.54 Å². The highest BCUT2D eigenvalue weighted by atomic mass is 79.9. The van der Waals surface area contributed by atoms with Gasteiger partial charge in [-0.3, -0.25) is 0 Å². The van der Waals surface area contributed by atoms with Crippen LogP contribution in [0.15, 0.2) is 53.0 Å². The van der Waals surface area contributed by atoms with E-state index in [0.717, 1.165) is 17.4 Å². The van der Waals surface area contributed by atoms with Crippen LogP contribution in [0.25, 0.3) is 0 Å². The minimum absolute atomic E-state index is 0.272. The lowest BCUT2D eigenvalue weighted by atomic mass is 9.95. The zero-order chi connectivity index (χ0) is 13.7. The molecule has 0 heterocycles. The quantitative estimate of drug-likeness (QED) is 0.831. The van der Waals surface area contributed by atoms with Gasteiger partial charge in [0, 0.05) is 4.47 Å². The highest BCUT2D eigenvalue weighted by molar-refractivity contribution is 9.10. The molecule has 1 N–H and O–H groups in total. The van der Waals surface area contributed by atoms with E-state index in [-0.39, 0.29) is 6.04 Å². The standard InChI is InChI=1S/C17H20BrN/c1-3-12-19-17(14-8-10-15(18)11-9-14)16-7-5-4-6-13(16)2/h4-11,17,19H,3,12H2,1-2H3. The molecule has 0 bridgehead atoms. The molecule has 2 aromatic carbocycles. The minimum atomic E-state index is 0.272. The van der Waals surface area contributed by atoms with E-state index in [1.807, 2.05) is 0 Å². The van der Waals surface area contributed by atoms with Gasteiger partial charge in [-0.25, -0.2) is 0 Å². The van der Waals surface area contributed by atoms with Crippen molar-refractivity contribution in [1.82, 2.24) is 5.32 Å². The molecule has 1 atom stereocenters. The van der Waals surface area contributed by atoms with Crippen LogP contribution < -0.4 is 5.32 Å². The maximum absolute atomic E-state index is 3.65. The molecule has 19 heavy (non-hydrogen) atoms. The van der Waals surface area contributed by atoms with E-state index in [0.29, 0.717) is 0 Å². The second-order valence-corrected chi connectivity index (χ2v) is 5.71. The zero-order valence-corrected chi connectivity index (χ0v) is 13.1. The van der Waals surface area contributed by atoms with Crippen molar-refractivity contribution in [3.05, 3.63) is 69.7 Å². The third-order valence-electron chi connectivity index (χ3n) is 3.30. The number of hydrogen-bond donors (Lipinski definition) is 1. The normalized spacial score (nSPS) is 12.4. The van der Waals surface area contributed by atoms with Gasteiger partial charge in [0.25, 0.3) is 0 Å². The predicted octanol–water partition coefficient (Wildman–Crippen LogP) is 4.85. The van der Waals surface area contributed by atoms with Crippen molar-refractivity contribution in [2.45, 2.75) is 26.3 Å². The maximum Gasteiger partial charge on any atom is 0.0579 e. The summed E-state index contributed by atoms with van der Waals surface area (Å²) in [6, 6.07) is 17.4. The van der Waals surface area contributed by atoms with E-state index in [1.54, 1.807) is 0 Å². The van der Waals surface area contributed by atoms with Gasteiger partial charge in [0.2, 0.25) is 0 Å². The third-order valence-corrected chi connectivity index (χ3v) is 3.83. The predicted molar refractivity (Wildman–Crippen MR) is 85.5 cm³/mol. The Labute approximate surface area is 124 Å². The summed E-state index contributed by atoms with van der Waals surface area (Å²) in [7, 11) is 0. The monoisotopic (exact) mass is 317 g/mol. The summed E-state index contributed by atoms with van der Waals surface area (Å²) in [6.45, 7) is 5.40. The molecule has 0 spiro atoms. The highest BCUT2D eigenvalue weighted by Gasteiger charge is 2.14. The molecule has 2 heteroatoms. The Kier molecular flexibility index (Phi) is 5.17. The Morgan fingerprint density at radius 1 is 1.05 bits per heavy atom. The van der Waals surface area contributed by atoms with E-state index in [4.69, 9.17) is 0 Å². The summed E-state index contributed by atoms with van der Waals surface area (Å²) < 4.78 is 1.12. The van der Waals surface area contributed by atoms with Crippen molar-refractivity contribution in [2.24, 2.45) is 0 Å². The van der Waals surface area contributed by atoms with Gasteiger partial charge >= 0.3 is 0 Å². The average Bonchev–Trinajstić information content (AvgIpc) is 2.43. The molecule has 2 rings (SSSR count). The maximum atomic E-state index is 3.65. The van der Waals surface area contributed by atoms with Crippen LogP contribution >= 0.6 is 15.9 Å². The van der Waals surface area contributed by atoms with Crippen LogP contribution in [0.2, 0.25) is 0 Å². The first kappa shape index (κ1) is 14.3. The summed E-state index contributed by atoms with van der Waals surface area (Å²) in [5.41, 5.74) is 4.00. The molecule has 0 radical (unpaired) electrons. The fourth-order valence-electron chi connectivity index (χ4n) is 2.26. The van der Waals surface area contributed by atoms with Crippen LogP contribution in [-0.4, -0.2) is 6.54 Å². The van der Waals surface area contributed by atoms with Gasteiger partial charge in [-0.1, -0.05) is 59.3 Å². The van der Waals surface area contributed by atoms with Gasteiger partial charge in [0.1, 0.15) is 0 Å². The number of halogens is 1. The van der Waals surface area contributed by atoms with Gasteiger partial charge < -0.3 is 5.32 Å². The molecule has 0 aliphatic heterocycles. The van der Waals surface area contributed by atoms with E-state index in [1.165, 1.54) is 16.7 Å². The van der Waals surface area contributed by atoms with Crippen LogP contribution in [0.4, 0.5) is 0 Å². The van der Waals surface area contributed by atoms with Crippen molar-refractivity contribution in [1.29, 1.82) is 0 Å². The molecule has 2 aromatic rings. The number of hydrogen-bond acceptors (Lipinski definition) is 1. The summed E-state index contributed by atoms with van der Waals surface area (Å²) >= 11 is 3.50. The molecule has 0 aliphatic carbocycles. The van der Waals surface area contributed by atoms with Gasteiger partial charge in [0.15, 0.2) is 0 Å². The summed E-state index contributed by atoms with van der Waals surface area (Å²) in [5, 5.41) is 3.65. The first-order chi connectivity index (χ1) is 9.22. The van der Waals surface area contributed by atoms with Crippen LogP contribution in [0.5, 0.6) is 0 Å². The summed E-state index contributed by atoms with van der Waals surface area (Å²) in [4.78, 5) is 0. The molecule has 0 aliphatic rings. The first-order valence-electron chi connectivity index (χ1n) is 6.76. The number of nitrogens with one attached hydrogen (secondary N) is 1. The molecule has 0 saturated heterocycles. The zero-order valence-electron chi connectivity index (χ0n) is 11.5. The molecule has 0 amide bonds. The molecule has 100 valence electrons. The van der Waals surface area contributed by atoms with E-state index < -0.39 is 0 Å². The smallest absolute Gasteiger partial charge is 0.0579 e. The van der Waals surface area contributed by atoms with Crippen LogP contribution in [0.1, 0.15) is 36.1 Å². The van der Waals surface area contributed by atoms with Crippen LogP contribution in [-0.2, 0) is 0 Å². The lowest BCUT2D eigenvalue weighted by molar-refractivity contribution is 0.596. The lowest BCUT2D eigenvalue weighted by Gasteiger charge is -2.21. The molecular formula is C17H20BrN. The topological polar surface area (TPSA) is 12.0 Å². The largest absolute Gasteiger partial charge is 0.306 e. The second-order valence-electron chi connectivity index (χ2n) is 4.80. The van der Waals surface area contributed by atoms with E-state index >= 15 is 0 Å². The second kappa shape index (κ2) is 6.88. The Bertz CT molecular complexity index is 519. The average molecular weight is 318 g/mol. The van der Waals surface area contributed by atoms with Crippen molar-refractivity contribution in [3.8, 4) is 0 Å². The number of aryl methyl sites for hydroxylation is 1. The molecule has 0 saturated carbocycles. The van der Waals surface area contributed by atoms with E-state index in [9.17, 15) is 0 Å². The van der Waals surface area contributed by atoms with E-state index in [2.05, 4.69) is 83.6 Å². The SMILES string of the molecule is CCCNC(c1ccc(Br)cc1)c1ccccc1C. The fourth-order valence-corrected chi connectivity index (χ4v) is 2.53. The minimum Gasteiger partial charge on any atom is -0.306 e. The van der Waals surface area contributed by atoms with Gasteiger partial charge in [-0.2, -0.15) is 0 Å². The summed E-state index contributed by atoms with van der Waals surface area (Å²) in [5.74, 6) is 0. The molecular weight excluding hydrogens is 298 g/mol. The Hall–Kier alpha value is -1.12. The highest BCUT2D eigenvalue weighted by Crippen LogP contribution is 2.26. The fraction of sp³-hybridized carbons (Fsp3) is 0.294. The third kappa shape index (κ3) is 3.68. The Morgan fingerprint density at radius 2 is 1.74 bits per heavy atom. The molecule has 0 fully saturated rings. The van der Waals surface area contributed by atoms with Gasteiger partial charge in [-0.15, -0.1) is 0 Å².